The fourth-order valence-corrected chi connectivity index (χ4v) is 3.20. The topological polar surface area (TPSA) is 41.5 Å². The molecule has 0 aromatic rings. The van der Waals surface area contributed by atoms with Crippen molar-refractivity contribution < 1.29 is 9.84 Å². The highest BCUT2D eigenvalue weighted by molar-refractivity contribution is 4.85. The molecule has 2 aliphatic rings. The average molecular weight is 227 g/mol. The third kappa shape index (κ3) is 3.72. The molecular weight excluding hydrogens is 202 g/mol. The predicted molar refractivity (Wildman–Crippen MR) is 64.4 cm³/mol. The molecule has 1 saturated heterocycles. The van der Waals surface area contributed by atoms with Crippen LogP contribution in [-0.2, 0) is 4.74 Å². The van der Waals surface area contributed by atoms with Crippen LogP contribution in [0.3, 0.4) is 0 Å². The quantitative estimate of drug-likeness (QED) is 0.768. The Morgan fingerprint density at radius 2 is 2.06 bits per heavy atom. The van der Waals surface area contributed by atoms with E-state index in [0.29, 0.717) is 6.04 Å². The zero-order valence-electron chi connectivity index (χ0n) is 10.4. The van der Waals surface area contributed by atoms with E-state index in [1.165, 1.54) is 25.7 Å². The first-order valence-electron chi connectivity index (χ1n) is 6.69. The molecule has 0 bridgehead atoms. The summed E-state index contributed by atoms with van der Waals surface area (Å²) in [5.41, 5.74) is -0.520. The van der Waals surface area contributed by atoms with Crippen LogP contribution in [0, 0.1) is 5.92 Å². The van der Waals surface area contributed by atoms with Gasteiger partial charge in [0.25, 0.3) is 0 Å². The van der Waals surface area contributed by atoms with Gasteiger partial charge in [-0.05, 0) is 25.7 Å². The smallest absolute Gasteiger partial charge is 0.0638 e. The van der Waals surface area contributed by atoms with Crippen molar-refractivity contribution in [3.05, 3.63) is 0 Å². The minimum Gasteiger partial charge on any atom is -0.390 e. The third-order valence-corrected chi connectivity index (χ3v) is 3.89. The lowest BCUT2D eigenvalue weighted by molar-refractivity contribution is -0.00865. The van der Waals surface area contributed by atoms with Gasteiger partial charge >= 0.3 is 0 Å². The van der Waals surface area contributed by atoms with E-state index < -0.39 is 5.60 Å². The van der Waals surface area contributed by atoms with Gasteiger partial charge in [-0.3, -0.25) is 0 Å². The summed E-state index contributed by atoms with van der Waals surface area (Å²) in [5, 5.41) is 13.8. The van der Waals surface area contributed by atoms with Crippen molar-refractivity contribution in [3.8, 4) is 0 Å². The van der Waals surface area contributed by atoms with Gasteiger partial charge < -0.3 is 15.2 Å². The summed E-state index contributed by atoms with van der Waals surface area (Å²) in [6, 6.07) is 0.338. The standard InChI is InChI=1S/C13H25NO2/c1-13(15,8-11-4-2-3-5-11)9-12-10-16-7-6-14-12/h11-12,14-15H,2-10H2,1H3. The lowest BCUT2D eigenvalue weighted by atomic mass is 9.86. The number of aliphatic hydroxyl groups is 1. The van der Waals surface area contributed by atoms with E-state index >= 15 is 0 Å². The van der Waals surface area contributed by atoms with Gasteiger partial charge in [0, 0.05) is 12.6 Å². The molecule has 0 spiro atoms. The molecule has 94 valence electrons. The maximum Gasteiger partial charge on any atom is 0.0638 e. The maximum absolute atomic E-state index is 10.4. The van der Waals surface area contributed by atoms with E-state index in [1.54, 1.807) is 0 Å². The first-order valence-corrected chi connectivity index (χ1v) is 6.69. The molecule has 1 heterocycles. The van der Waals surface area contributed by atoms with Crippen molar-refractivity contribution >= 4 is 0 Å². The van der Waals surface area contributed by atoms with Gasteiger partial charge in [-0.15, -0.1) is 0 Å². The summed E-state index contributed by atoms with van der Waals surface area (Å²) >= 11 is 0. The van der Waals surface area contributed by atoms with Gasteiger partial charge in [-0.2, -0.15) is 0 Å². The molecule has 2 atom stereocenters. The van der Waals surface area contributed by atoms with E-state index in [-0.39, 0.29) is 0 Å². The number of nitrogens with one attached hydrogen (secondary N) is 1. The van der Waals surface area contributed by atoms with Crippen LogP contribution >= 0.6 is 0 Å². The molecule has 3 nitrogen and oxygen atoms in total. The minimum atomic E-state index is -0.520. The summed E-state index contributed by atoms with van der Waals surface area (Å²) < 4.78 is 5.42. The largest absolute Gasteiger partial charge is 0.390 e. The first-order chi connectivity index (χ1) is 7.66. The first kappa shape index (κ1) is 12.3. The second-order valence-corrected chi connectivity index (χ2v) is 5.78. The Kier molecular flexibility index (Phi) is 4.22. The molecule has 2 fully saturated rings. The Labute approximate surface area is 98.6 Å². The second-order valence-electron chi connectivity index (χ2n) is 5.78. The maximum atomic E-state index is 10.4. The Bertz CT molecular complexity index is 206. The van der Waals surface area contributed by atoms with Crippen LogP contribution in [0.4, 0.5) is 0 Å². The highest BCUT2D eigenvalue weighted by Crippen LogP contribution is 2.33. The SMILES string of the molecule is CC(O)(CC1CCCC1)CC1COCCN1. The molecule has 0 aromatic carbocycles. The molecule has 1 saturated carbocycles. The van der Waals surface area contributed by atoms with Gasteiger partial charge in [0.05, 0.1) is 18.8 Å². The monoisotopic (exact) mass is 227 g/mol. The van der Waals surface area contributed by atoms with Crippen molar-refractivity contribution in [3.63, 3.8) is 0 Å². The summed E-state index contributed by atoms with van der Waals surface area (Å²) in [6.45, 7) is 4.47. The van der Waals surface area contributed by atoms with E-state index in [9.17, 15) is 5.11 Å². The molecule has 0 radical (unpaired) electrons. The van der Waals surface area contributed by atoms with Crippen LogP contribution in [0.5, 0.6) is 0 Å². The van der Waals surface area contributed by atoms with Crippen LogP contribution in [-0.4, -0.2) is 36.5 Å². The van der Waals surface area contributed by atoms with Gasteiger partial charge in [-0.1, -0.05) is 25.7 Å². The van der Waals surface area contributed by atoms with E-state index in [4.69, 9.17) is 4.74 Å². The van der Waals surface area contributed by atoms with Crippen LogP contribution < -0.4 is 5.32 Å². The summed E-state index contributed by atoms with van der Waals surface area (Å²) in [6.07, 6.45) is 7.11. The molecule has 1 aliphatic heterocycles. The number of morpholine rings is 1. The molecule has 2 unspecified atom stereocenters. The molecule has 0 aromatic heterocycles. The fourth-order valence-electron chi connectivity index (χ4n) is 3.20. The second kappa shape index (κ2) is 5.48. The Hall–Kier alpha value is -0.120. The summed E-state index contributed by atoms with van der Waals surface area (Å²) in [5.74, 6) is 0.750. The zero-order valence-corrected chi connectivity index (χ0v) is 10.4. The van der Waals surface area contributed by atoms with E-state index in [0.717, 1.165) is 38.5 Å². The Morgan fingerprint density at radius 3 is 2.69 bits per heavy atom. The van der Waals surface area contributed by atoms with Crippen molar-refractivity contribution in [2.75, 3.05) is 19.8 Å². The molecule has 1 aliphatic carbocycles. The van der Waals surface area contributed by atoms with Crippen LogP contribution in [0.2, 0.25) is 0 Å². The van der Waals surface area contributed by atoms with Gasteiger partial charge in [0.2, 0.25) is 0 Å². The number of hydrogen-bond acceptors (Lipinski definition) is 3. The summed E-state index contributed by atoms with van der Waals surface area (Å²) in [4.78, 5) is 0. The summed E-state index contributed by atoms with van der Waals surface area (Å²) in [7, 11) is 0. The van der Waals surface area contributed by atoms with Gasteiger partial charge in [0.15, 0.2) is 0 Å². The van der Waals surface area contributed by atoms with Gasteiger partial charge in [-0.25, -0.2) is 0 Å². The van der Waals surface area contributed by atoms with E-state index in [2.05, 4.69) is 5.32 Å². The highest BCUT2D eigenvalue weighted by Gasteiger charge is 2.30. The van der Waals surface area contributed by atoms with Crippen molar-refractivity contribution in [1.82, 2.24) is 5.32 Å². The molecule has 2 N–H and O–H groups in total. The lowest BCUT2D eigenvalue weighted by Gasteiger charge is -2.33. The number of ether oxygens (including phenoxy) is 1. The lowest BCUT2D eigenvalue weighted by Crippen LogP contribution is -2.46. The number of rotatable bonds is 4. The van der Waals surface area contributed by atoms with E-state index in [1.807, 2.05) is 6.92 Å². The predicted octanol–water partition coefficient (Wildman–Crippen LogP) is 1.70. The van der Waals surface area contributed by atoms with Crippen LogP contribution in [0.25, 0.3) is 0 Å². The van der Waals surface area contributed by atoms with Gasteiger partial charge in [0.1, 0.15) is 0 Å². The van der Waals surface area contributed by atoms with Crippen molar-refractivity contribution in [2.45, 2.75) is 57.1 Å². The Morgan fingerprint density at radius 1 is 1.31 bits per heavy atom. The van der Waals surface area contributed by atoms with Crippen molar-refractivity contribution in [2.24, 2.45) is 5.92 Å². The van der Waals surface area contributed by atoms with Crippen LogP contribution in [0.1, 0.15) is 45.4 Å². The molecular formula is C13H25NO2. The third-order valence-electron chi connectivity index (χ3n) is 3.89. The normalized spacial score (nSPS) is 31.5. The molecule has 16 heavy (non-hydrogen) atoms. The zero-order chi connectivity index (χ0) is 11.4. The molecule has 3 heteroatoms. The highest BCUT2D eigenvalue weighted by atomic mass is 16.5. The van der Waals surface area contributed by atoms with Crippen LogP contribution in [0.15, 0.2) is 0 Å². The average Bonchev–Trinajstić information content (AvgIpc) is 2.70. The van der Waals surface area contributed by atoms with Crippen molar-refractivity contribution in [1.29, 1.82) is 0 Å². The number of hydrogen-bond donors (Lipinski definition) is 2. The minimum absolute atomic E-state index is 0.338. The fraction of sp³-hybridized carbons (Fsp3) is 1.00. The Balaban J connectivity index is 1.76. The molecule has 0 amide bonds. The molecule has 2 rings (SSSR count).